The summed E-state index contributed by atoms with van der Waals surface area (Å²) in [6.07, 6.45) is 3.10. The van der Waals surface area contributed by atoms with Crippen LogP contribution >= 0.6 is 27.3 Å². The van der Waals surface area contributed by atoms with E-state index in [-0.39, 0.29) is 5.82 Å². The Morgan fingerprint density at radius 3 is 2.85 bits per heavy atom. The zero-order valence-corrected chi connectivity index (χ0v) is 13.7. The van der Waals surface area contributed by atoms with E-state index in [0.717, 1.165) is 47.9 Å². The van der Waals surface area contributed by atoms with Gasteiger partial charge in [-0.2, -0.15) is 0 Å². The molecule has 0 radical (unpaired) electrons. The van der Waals surface area contributed by atoms with Crippen molar-refractivity contribution in [2.24, 2.45) is 0 Å². The van der Waals surface area contributed by atoms with E-state index in [0.29, 0.717) is 4.47 Å². The van der Waals surface area contributed by atoms with Crippen molar-refractivity contribution >= 4 is 27.3 Å². The normalized spacial score (nSPS) is 10.9. The number of nitrogens with one attached hydrogen (secondary N) is 1. The molecule has 0 saturated carbocycles. The van der Waals surface area contributed by atoms with Crippen molar-refractivity contribution in [1.82, 2.24) is 15.5 Å². The molecule has 20 heavy (non-hydrogen) atoms. The Balaban J connectivity index is 1.94. The molecule has 0 saturated heterocycles. The second-order valence-corrected chi connectivity index (χ2v) is 6.49. The Labute approximate surface area is 130 Å². The fourth-order valence-corrected chi connectivity index (χ4v) is 3.15. The van der Waals surface area contributed by atoms with Crippen molar-refractivity contribution < 1.29 is 4.39 Å². The second kappa shape index (κ2) is 7.81. The Hall–Kier alpha value is -0.850. The van der Waals surface area contributed by atoms with Gasteiger partial charge in [0.25, 0.3) is 0 Å². The Kier molecular flexibility index (Phi) is 6.06. The Morgan fingerprint density at radius 2 is 2.10 bits per heavy atom. The van der Waals surface area contributed by atoms with Gasteiger partial charge in [0.05, 0.1) is 0 Å². The lowest BCUT2D eigenvalue weighted by Crippen LogP contribution is -2.16. The highest BCUT2D eigenvalue weighted by atomic mass is 79.9. The van der Waals surface area contributed by atoms with Crippen LogP contribution in [0, 0.1) is 5.82 Å². The molecule has 0 bridgehead atoms. The van der Waals surface area contributed by atoms with Crippen molar-refractivity contribution in [3.8, 4) is 10.6 Å². The molecule has 0 aliphatic carbocycles. The number of halogens is 2. The lowest BCUT2D eigenvalue weighted by molar-refractivity contribution is 0.627. The molecule has 108 valence electrons. The summed E-state index contributed by atoms with van der Waals surface area (Å²) in [5.41, 5.74) is 0.768. The fraction of sp³-hybridized carbons (Fsp3) is 0.429. The molecule has 0 aliphatic rings. The van der Waals surface area contributed by atoms with E-state index in [1.54, 1.807) is 0 Å². The average molecular weight is 358 g/mol. The highest BCUT2D eigenvalue weighted by Crippen LogP contribution is 2.27. The van der Waals surface area contributed by atoms with Gasteiger partial charge in [0, 0.05) is 16.5 Å². The van der Waals surface area contributed by atoms with Crippen LogP contribution in [0.25, 0.3) is 10.6 Å². The minimum absolute atomic E-state index is 0.269. The third kappa shape index (κ3) is 4.61. The Morgan fingerprint density at radius 1 is 1.25 bits per heavy atom. The summed E-state index contributed by atoms with van der Waals surface area (Å²) in [5.74, 6) is -0.269. The number of hydrogen-bond acceptors (Lipinski definition) is 4. The van der Waals surface area contributed by atoms with Gasteiger partial charge in [-0.1, -0.05) is 34.2 Å². The highest BCUT2D eigenvalue weighted by Gasteiger charge is 2.08. The molecule has 2 aromatic rings. The second-order valence-electron chi connectivity index (χ2n) is 4.51. The molecule has 1 aromatic heterocycles. The number of aryl methyl sites for hydroxylation is 1. The summed E-state index contributed by atoms with van der Waals surface area (Å²) >= 11 is 4.82. The smallest absolute Gasteiger partial charge is 0.147 e. The van der Waals surface area contributed by atoms with Crippen molar-refractivity contribution in [2.45, 2.75) is 26.2 Å². The van der Waals surface area contributed by atoms with Crippen molar-refractivity contribution in [3.63, 3.8) is 0 Å². The summed E-state index contributed by atoms with van der Waals surface area (Å²) < 4.78 is 14.1. The number of hydrogen-bond donors (Lipinski definition) is 1. The molecule has 0 amide bonds. The number of rotatable bonds is 7. The van der Waals surface area contributed by atoms with E-state index >= 15 is 0 Å². The van der Waals surface area contributed by atoms with Gasteiger partial charge < -0.3 is 5.32 Å². The average Bonchev–Trinajstić information content (AvgIpc) is 2.86. The summed E-state index contributed by atoms with van der Waals surface area (Å²) in [7, 11) is 0. The minimum atomic E-state index is -0.269. The van der Waals surface area contributed by atoms with Crippen LogP contribution in [0.1, 0.15) is 24.8 Å². The molecule has 0 unspecified atom stereocenters. The lowest BCUT2D eigenvalue weighted by Gasteiger charge is -2.00. The fourth-order valence-electron chi connectivity index (χ4n) is 1.81. The standard InChI is InChI=1S/C14H17BrFN3S/c1-2-5-17-6-3-4-13-18-19-14(20-13)10-7-11(15)9-12(16)8-10/h7-9,17H,2-6H2,1H3. The van der Waals surface area contributed by atoms with E-state index in [1.807, 2.05) is 6.07 Å². The third-order valence-corrected chi connectivity index (χ3v) is 4.24. The molecule has 2 rings (SSSR count). The van der Waals surface area contributed by atoms with E-state index in [2.05, 4.69) is 38.4 Å². The van der Waals surface area contributed by atoms with Crippen molar-refractivity contribution in [3.05, 3.63) is 33.5 Å². The van der Waals surface area contributed by atoms with Crippen LogP contribution in [0.3, 0.4) is 0 Å². The first-order chi connectivity index (χ1) is 9.69. The summed E-state index contributed by atoms with van der Waals surface area (Å²) in [4.78, 5) is 0. The van der Waals surface area contributed by atoms with E-state index in [1.165, 1.54) is 23.5 Å². The zero-order valence-electron chi connectivity index (χ0n) is 11.3. The monoisotopic (exact) mass is 357 g/mol. The molecule has 0 fully saturated rings. The zero-order chi connectivity index (χ0) is 14.4. The molecule has 0 aliphatic heterocycles. The first kappa shape index (κ1) is 15.5. The maximum Gasteiger partial charge on any atom is 0.147 e. The maximum absolute atomic E-state index is 13.4. The van der Waals surface area contributed by atoms with Crippen LogP contribution < -0.4 is 5.32 Å². The van der Waals surface area contributed by atoms with Crippen molar-refractivity contribution in [1.29, 1.82) is 0 Å². The van der Waals surface area contributed by atoms with Gasteiger partial charge in [0.2, 0.25) is 0 Å². The Bertz CT molecular complexity index is 539. The highest BCUT2D eigenvalue weighted by molar-refractivity contribution is 9.10. The summed E-state index contributed by atoms with van der Waals surface area (Å²) in [6.45, 7) is 4.20. The quantitative estimate of drug-likeness (QED) is 0.759. The van der Waals surface area contributed by atoms with Gasteiger partial charge >= 0.3 is 0 Å². The number of nitrogens with zero attached hydrogens (tertiary/aromatic N) is 2. The third-order valence-electron chi connectivity index (χ3n) is 2.75. The molecular formula is C14H17BrFN3S. The largest absolute Gasteiger partial charge is 0.317 e. The van der Waals surface area contributed by atoms with Crippen LogP contribution in [0.4, 0.5) is 4.39 Å². The van der Waals surface area contributed by atoms with E-state index < -0.39 is 0 Å². The molecule has 0 atom stereocenters. The van der Waals surface area contributed by atoms with Crippen molar-refractivity contribution in [2.75, 3.05) is 13.1 Å². The summed E-state index contributed by atoms with van der Waals surface area (Å²) in [6, 6.07) is 4.78. The molecule has 1 aromatic carbocycles. The molecule has 0 spiro atoms. The predicted octanol–water partition coefficient (Wildman–Crippen LogP) is 4.04. The maximum atomic E-state index is 13.4. The van der Waals surface area contributed by atoms with Gasteiger partial charge in [-0.05, 0) is 44.1 Å². The van der Waals surface area contributed by atoms with Crippen LogP contribution in [0.15, 0.2) is 22.7 Å². The molecule has 6 heteroatoms. The first-order valence-corrected chi connectivity index (χ1v) is 8.29. The van der Waals surface area contributed by atoms with Crippen LogP contribution in [-0.4, -0.2) is 23.3 Å². The number of aromatic nitrogens is 2. The molecule has 1 heterocycles. The first-order valence-electron chi connectivity index (χ1n) is 6.68. The van der Waals surface area contributed by atoms with Gasteiger partial charge in [-0.3, -0.25) is 0 Å². The predicted molar refractivity (Wildman–Crippen MR) is 84.5 cm³/mol. The van der Waals surface area contributed by atoms with Crippen LogP contribution in [-0.2, 0) is 6.42 Å². The van der Waals surface area contributed by atoms with Gasteiger partial charge in [0.1, 0.15) is 15.8 Å². The lowest BCUT2D eigenvalue weighted by atomic mass is 10.2. The van der Waals surface area contributed by atoms with Gasteiger partial charge in [-0.15, -0.1) is 10.2 Å². The van der Waals surface area contributed by atoms with Crippen LogP contribution in [0.2, 0.25) is 0 Å². The molecular weight excluding hydrogens is 341 g/mol. The minimum Gasteiger partial charge on any atom is -0.317 e. The topological polar surface area (TPSA) is 37.8 Å². The van der Waals surface area contributed by atoms with Gasteiger partial charge in [-0.25, -0.2) is 4.39 Å². The molecule has 1 N–H and O–H groups in total. The molecule has 3 nitrogen and oxygen atoms in total. The van der Waals surface area contributed by atoms with E-state index in [9.17, 15) is 4.39 Å². The number of benzene rings is 1. The SMILES string of the molecule is CCCNCCCc1nnc(-c2cc(F)cc(Br)c2)s1. The van der Waals surface area contributed by atoms with Crippen LogP contribution in [0.5, 0.6) is 0 Å². The van der Waals surface area contributed by atoms with E-state index in [4.69, 9.17) is 0 Å². The summed E-state index contributed by atoms with van der Waals surface area (Å²) in [5, 5.41) is 13.4. The van der Waals surface area contributed by atoms with Gasteiger partial charge in [0.15, 0.2) is 0 Å².